The fourth-order valence-corrected chi connectivity index (χ4v) is 2.20. The van der Waals surface area contributed by atoms with Crippen LogP contribution in [0.2, 0.25) is 0 Å². The van der Waals surface area contributed by atoms with Gasteiger partial charge >= 0.3 is 0 Å². The predicted octanol–water partition coefficient (Wildman–Crippen LogP) is 0.537. The van der Waals surface area contributed by atoms with Gasteiger partial charge in [0.2, 0.25) is 5.95 Å². The molecule has 6 nitrogen and oxygen atoms in total. The number of likely N-dealkylation sites (N-methyl/N-ethyl adjacent to an activating group) is 1. The molecule has 6 heteroatoms. The maximum Gasteiger partial charge on any atom is 0.223 e. The second-order valence-electron chi connectivity index (χ2n) is 4.86. The summed E-state index contributed by atoms with van der Waals surface area (Å²) >= 11 is 0. The highest BCUT2D eigenvalue weighted by Crippen LogP contribution is 2.36. The topological polar surface area (TPSA) is 93.1 Å². The maximum atomic E-state index is 5.62. The van der Waals surface area contributed by atoms with Crippen LogP contribution in [0.1, 0.15) is 19.3 Å². The fourth-order valence-electron chi connectivity index (χ4n) is 2.20. The molecular formula is C11H20N6. The Bertz CT molecular complexity index is 379. The summed E-state index contributed by atoms with van der Waals surface area (Å²) in [5, 5.41) is 3.30. The van der Waals surface area contributed by atoms with Crippen LogP contribution in [-0.4, -0.2) is 41.0 Å². The van der Waals surface area contributed by atoms with Gasteiger partial charge in [0, 0.05) is 18.2 Å². The average Bonchev–Trinajstić information content (AvgIpc) is 2.13. The van der Waals surface area contributed by atoms with Crippen molar-refractivity contribution in [2.75, 3.05) is 37.4 Å². The number of aromatic nitrogens is 2. The van der Waals surface area contributed by atoms with Crippen LogP contribution in [0.25, 0.3) is 0 Å². The van der Waals surface area contributed by atoms with Gasteiger partial charge in [-0.3, -0.25) is 0 Å². The van der Waals surface area contributed by atoms with Crippen molar-refractivity contribution in [3.63, 3.8) is 0 Å². The van der Waals surface area contributed by atoms with Crippen LogP contribution in [0, 0.1) is 0 Å². The molecule has 2 rings (SSSR count). The molecule has 1 aliphatic carbocycles. The van der Waals surface area contributed by atoms with Crippen molar-refractivity contribution in [3.05, 3.63) is 6.07 Å². The van der Waals surface area contributed by atoms with E-state index in [9.17, 15) is 0 Å². The molecule has 0 radical (unpaired) electrons. The minimum Gasteiger partial charge on any atom is -0.383 e. The maximum absolute atomic E-state index is 5.62. The number of nitrogens with zero attached hydrogens (tertiary/aromatic N) is 3. The van der Waals surface area contributed by atoms with Gasteiger partial charge in [0.05, 0.1) is 0 Å². The summed E-state index contributed by atoms with van der Waals surface area (Å²) in [6, 6.07) is 1.71. The van der Waals surface area contributed by atoms with Crippen LogP contribution in [-0.2, 0) is 0 Å². The van der Waals surface area contributed by atoms with E-state index in [1.54, 1.807) is 6.07 Å². The number of rotatable bonds is 4. The molecule has 1 aliphatic rings. The Balaban J connectivity index is 2.02. The van der Waals surface area contributed by atoms with Crippen molar-refractivity contribution in [1.29, 1.82) is 0 Å². The first-order valence-corrected chi connectivity index (χ1v) is 5.83. The molecule has 0 spiro atoms. The molecule has 0 unspecified atom stereocenters. The highest BCUT2D eigenvalue weighted by molar-refractivity contribution is 5.48. The molecule has 17 heavy (non-hydrogen) atoms. The number of nitrogens with one attached hydrogen (secondary N) is 1. The molecule has 1 heterocycles. The van der Waals surface area contributed by atoms with Crippen molar-refractivity contribution in [2.45, 2.75) is 24.8 Å². The van der Waals surface area contributed by atoms with Crippen molar-refractivity contribution >= 4 is 17.6 Å². The molecule has 94 valence electrons. The lowest BCUT2D eigenvalue weighted by molar-refractivity contribution is 0.0738. The molecule has 1 aromatic heterocycles. The van der Waals surface area contributed by atoms with Gasteiger partial charge in [0.1, 0.15) is 11.6 Å². The smallest absolute Gasteiger partial charge is 0.223 e. The van der Waals surface area contributed by atoms with E-state index in [0.29, 0.717) is 11.6 Å². The zero-order valence-corrected chi connectivity index (χ0v) is 10.4. The number of hydrogen-bond donors (Lipinski definition) is 3. The van der Waals surface area contributed by atoms with E-state index in [-0.39, 0.29) is 11.5 Å². The normalized spacial score (nSPS) is 17.8. The third kappa shape index (κ3) is 2.41. The van der Waals surface area contributed by atoms with E-state index in [1.165, 1.54) is 19.3 Å². The lowest BCUT2D eigenvalue weighted by Gasteiger charge is -2.47. The number of nitrogens with two attached hydrogens (primary N) is 2. The van der Waals surface area contributed by atoms with Gasteiger partial charge < -0.3 is 21.7 Å². The van der Waals surface area contributed by atoms with Gasteiger partial charge in [0.25, 0.3) is 0 Å². The van der Waals surface area contributed by atoms with Crippen LogP contribution < -0.4 is 16.8 Å². The van der Waals surface area contributed by atoms with Crippen LogP contribution in [0.5, 0.6) is 0 Å². The molecule has 1 fully saturated rings. The summed E-state index contributed by atoms with van der Waals surface area (Å²) in [6.45, 7) is 0.857. The van der Waals surface area contributed by atoms with Gasteiger partial charge in [-0.25, -0.2) is 0 Å². The summed E-state index contributed by atoms with van der Waals surface area (Å²) < 4.78 is 0. The summed E-state index contributed by atoms with van der Waals surface area (Å²) in [7, 11) is 4.23. The third-order valence-electron chi connectivity index (χ3n) is 3.59. The van der Waals surface area contributed by atoms with Crippen molar-refractivity contribution in [1.82, 2.24) is 14.9 Å². The number of anilines is 3. The highest BCUT2D eigenvalue weighted by Gasteiger charge is 2.38. The first-order chi connectivity index (χ1) is 8.02. The van der Waals surface area contributed by atoms with Gasteiger partial charge in [-0.1, -0.05) is 0 Å². The minimum atomic E-state index is 0.208. The van der Waals surface area contributed by atoms with E-state index in [0.717, 1.165) is 6.54 Å². The molecule has 5 N–H and O–H groups in total. The third-order valence-corrected chi connectivity index (χ3v) is 3.59. The van der Waals surface area contributed by atoms with Crippen LogP contribution in [0.15, 0.2) is 6.07 Å². The summed E-state index contributed by atoms with van der Waals surface area (Å²) in [4.78, 5) is 10.2. The predicted molar refractivity (Wildman–Crippen MR) is 69.6 cm³/mol. The highest BCUT2D eigenvalue weighted by atomic mass is 15.2. The van der Waals surface area contributed by atoms with E-state index < -0.39 is 0 Å². The summed E-state index contributed by atoms with van der Waals surface area (Å²) in [6.07, 6.45) is 3.71. The van der Waals surface area contributed by atoms with Gasteiger partial charge in [0.15, 0.2) is 0 Å². The molecule has 0 aromatic carbocycles. The minimum absolute atomic E-state index is 0.208. The van der Waals surface area contributed by atoms with E-state index in [4.69, 9.17) is 11.5 Å². The van der Waals surface area contributed by atoms with Crippen molar-refractivity contribution in [2.24, 2.45) is 0 Å². The Morgan fingerprint density at radius 3 is 2.53 bits per heavy atom. The second-order valence-corrected chi connectivity index (χ2v) is 4.86. The second kappa shape index (κ2) is 4.37. The lowest BCUT2D eigenvalue weighted by atomic mass is 9.75. The quantitative estimate of drug-likeness (QED) is 0.706. The lowest BCUT2D eigenvalue weighted by Crippen LogP contribution is -2.54. The molecule has 0 bridgehead atoms. The molecule has 1 saturated carbocycles. The standard InChI is InChI=1S/C11H20N6/c1-17(2)11(4-3-5-11)7-14-9-6-8(12)15-10(13)16-9/h6H,3-5,7H2,1-2H3,(H5,12,13,14,15,16). The zero-order chi connectivity index (χ0) is 12.5. The SMILES string of the molecule is CN(C)C1(CNc2cc(N)nc(N)n2)CCC1. The summed E-state index contributed by atoms with van der Waals surface area (Å²) in [5.74, 6) is 1.30. The first-order valence-electron chi connectivity index (χ1n) is 5.83. The van der Waals surface area contributed by atoms with Gasteiger partial charge in [-0.05, 0) is 33.4 Å². The Morgan fingerprint density at radius 1 is 1.35 bits per heavy atom. The van der Waals surface area contributed by atoms with Crippen LogP contribution in [0.4, 0.5) is 17.6 Å². The van der Waals surface area contributed by atoms with Crippen molar-refractivity contribution in [3.8, 4) is 0 Å². The Kier molecular flexibility index (Phi) is 3.06. The molecular weight excluding hydrogens is 216 g/mol. The Labute approximate surface area is 101 Å². The van der Waals surface area contributed by atoms with Gasteiger partial charge in [-0.15, -0.1) is 0 Å². The largest absolute Gasteiger partial charge is 0.383 e. The Hall–Kier alpha value is -1.56. The molecule has 0 atom stereocenters. The van der Waals surface area contributed by atoms with E-state index >= 15 is 0 Å². The average molecular weight is 236 g/mol. The molecule has 0 saturated heterocycles. The van der Waals surface area contributed by atoms with Crippen LogP contribution >= 0.6 is 0 Å². The molecule has 0 amide bonds. The number of hydrogen-bond acceptors (Lipinski definition) is 6. The summed E-state index contributed by atoms with van der Waals surface area (Å²) in [5.41, 5.74) is 11.4. The van der Waals surface area contributed by atoms with Gasteiger partial charge in [-0.2, -0.15) is 9.97 Å². The van der Waals surface area contributed by atoms with Crippen LogP contribution in [0.3, 0.4) is 0 Å². The monoisotopic (exact) mass is 236 g/mol. The fraction of sp³-hybridized carbons (Fsp3) is 0.636. The molecule has 0 aliphatic heterocycles. The Morgan fingerprint density at radius 2 is 2.06 bits per heavy atom. The van der Waals surface area contributed by atoms with E-state index in [2.05, 4.69) is 34.3 Å². The first kappa shape index (κ1) is 11.9. The zero-order valence-electron chi connectivity index (χ0n) is 10.4. The number of nitrogen functional groups attached to an aromatic ring is 2. The van der Waals surface area contributed by atoms with E-state index in [1.807, 2.05) is 0 Å². The van der Waals surface area contributed by atoms with Crippen molar-refractivity contribution < 1.29 is 0 Å². The molecule has 1 aromatic rings.